The lowest BCUT2D eigenvalue weighted by Crippen LogP contribution is -2.13. The van der Waals surface area contributed by atoms with E-state index in [0.29, 0.717) is 12.5 Å². The molecule has 0 radical (unpaired) electrons. The fourth-order valence-electron chi connectivity index (χ4n) is 3.65. The number of nitrogens with zero attached hydrogens (tertiary/aromatic N) is 2. The van der Waals surface area contributed by atoms with Gasteiger partial charge in [0.1, 0.15) is 11.3 Å². The molecule has 0 atom stereocenters. The van der Waals surface area contributed by atoms with Gasteiger partial charge in [-0.25, -0.2) is 9.97 Å². The van der Waals surface area contributed by atoms with Gasteiger partial charge in [0.25, 0.3) is 0 Å². The molecule has 0 saturated carbocycles. The molecule has 3 aromatic rings. The fraction of sp³-hybridized carbons (Fsp3) is 0.440. The summed E-state index contributed by atoms with van der Waals surface area (Å²) in [6.07, 6.45) is 2.08. The van der Waals surface area contributed by atoms with Crippen LogP contribution in [0.15, 0.2) is 30.3 Å². The predicted molar refractivity (Wildman–Crippen MR) is 120 cm³/mol. The van der Waals surface area contributed by atoms with E-state index in [1.54, 1.807) is 7.11 Å². The summed E-state index contributed by atoms with van der Waals surface area (Å²) in [5.41, 5.74) is 7.57. The number of unbranched alkanes of at least 4 members (excludes halogenated alkanes) is 1. The largest absolute Gasteiger partial charge is 0.491 e. The van der Waals surface area contributed by atoms with Gasteiger partial charge in [-0.2, -0.15) is 0 Å². The van der Waals surface area contributed by atoms with Crippen LogP contribution in [-0.4, -0.2) is 23.7 Å². The number of hydrogen-bond acceptors (Lipinski definition) is 4. The minimum absolute atomic E-state index is 0.110. The van der Waals surface area contributed by atoms with E-state index in [1.165, 1.54) is 16.7 Å². The quantitative estimate of drug-likeness (QED) is 0.455. The highest BCUT2D eigenvalue weighted by molar-refractivity contribution is 5.85. The minimum atomic E-state index is 0.110. The van der Waals surface area contributed by atoms with Crippen molar-refractivity contribution < 1.29 is 9.47 Å². The van der Waals surface area contributed by atoms with Crippen LogP contribution in [0.3, 0.4) is 0 Å². The Balaban J connectivity index is 2.16. The topological polar surface area (TPSA) is 44.2 Å². The molecule has 0 aliphatic carbocycles. The molecule has 0 fully saturated rings. The molecule has 1 aromatic carbocycles. The summed E-state index contributed by atoms with van der Waals surface area (Å²) in [4.78, 5) is 9.49. The lowest BCUT2D eigenvalue weighted by atomic mass is 9.82. The van der Waals surface area contributed by atoms with Gasteiger partial charge in [-0.05, 0) is 54.5 Å². The van der Waals surface area contributed by atoms with E-state index in [9.17, 15) is 0 Å². The second-order valence-corrected chi connectivity index (χ2v) is 8.66. The summed E-state index contributed by atoms with van der Waals surface area (Å²) in [5, 5.41) is 0. The van der Waals surface area contributed by atoms with Crippen LogP contribution in [0.2, 0.25) is 0 Å². The number of aromatic nitrogens is 2. The first kappa shape index (κ1) is 21.1. The summed E-state index contributed by atoms with van der Waals surface area (Å²) in [7, 11) is 1.62. The van der Waals surface area contributed by atoms with E-state index < -0.39 is 0 Å². The van der Waals surface area contributed by atoms with Crippen LogP contribution in [0.1, 0.15) is 57.2 Å². The van der Waals surface area contributed by atoms with Gasteiger partial charge in [-0.15, -0.1) is 0 Å². The molecular formula is C25H32N2O2. The average Bonchev–Trinajstić information content (AvgIpc) is 2.68. The average molecular weight is 393 g/mol. The Morgan fingerprint density at radius 2 is 1.72 bits per heavy atom. The van der Waals surface area contributed by atoms with E-state index >= 15 is 0 Å². The van der Waals surface area contributed by atoms with Crippen molar-refractivity contribution in [2.75, 3.05) is 13.7 Å². The van der Waals surface area contributed by atoms with E-state index in [2.05, 4.69) is 58.7 Å². The van der Waals surface area contributed by atoms with Gasteiger partial charge >= 0.3 is 0 Å². The van der Waals surface area contributed by atoms with Crippen LogP contribution >= 0.6 is 0 Å². The Morgan fingerprint density at radius 3 is 2.38 bits per heavy atom. The predicted octanol–water partition coefficient (Wildman–Crippen LogP) is 6.40. The molecule has 0 bridgehead atoms. The van der Waals surface area contributed by atoms with E-state index in [4.69, 9.17) is 14.5 Å². The van der Waals surface area contributed by atoms with Gasteiger partial charge in [0.05, 0.1) is 24.9 Å². The number of rotatable bonds is 6. The zero-order chi connectivity index (χ0) is 21.2. The number of pyridine rings is 2. The van der Waals surface area contributed by atoms with E-state index in [-0.39, 0.29) is 5.41 Å². The summed E-state index contributed by atoms with van der Waals surface area (Å²) < 4.78 is 11.4. The standard InChI is InChI=1S/C25H32N2O2/c1-8-9-12-29-22-15-21(26-20-10-11-23(28-7)27-24(20)22)18-13-17(3)19(14-16(18)2)25(4,5)6/h10-11,13-15H,8-9,12H2,1-7H3. The smallest absolute Gasteiger partial charge is 0.213 e. The van der Waals surface area contributed by atoms with Crippen molar-refractivity contribution in [3.8, 4) is 22.9 Å². The Kier molecular flexibility index (Phi) is 6.11. The summed E-state index contributed by atoms with van der Waals surface area (Å²) >= 11 is 0. The van der Waals surface area contributed by atoms with Crippen molar-refractivity contribution in [3.05, 3.63) is 47.0 Å². The second kappa shape index (κ2) is 8.40. The van der Waals surface area contributed by atoms with Gasteiger partial charge in [-0.3, -0.25) is 0 Å². The first-order valence-corrected chi connectivity index (χ1v) is 10.3. The summed E-state index contributed by atoms with van der Waals surface area (Å²) in [6, 6.07) is 10.3. The molecule has 4 heteroatoms. The third kappa shape index (κ3) is 4.52. The molecule has 0 spiro atoms. The Hall–Kier alpha value is -2.62. The monoisotopic (exact) mass is 392 g/mol. The maximum Gasteiger partial charge on any atom is 0.213 e. The normalized spacial score (nSPS) is 11.7. The molecular weight excluding hydrogens is 360 g/mol. The highest BCUT2D eigenvalue weighted by atomic mass is 16.5. The molecule has 0 aliphatic heterocycles. The van der Waals surface area contributed by atoms with Crippen molar-refractivity contribution in [2.24, 2.45) is 0 Å². The van der Waals surface area contributed by atoms with Gasteiger partial charge < -0.3 is 9.47 Å². The van der Waals surface area contributed by atoms with Gasteiger partial charge in [0.2, 0.25) is 5.88 Å². The summed E-state index contributed by atoms with van der Waals surface area (Å²) in [6.45, 7) is 13.9. The van der Waals surface area contributed by atoms with Crippen LogP contribution in [0.25, 0.3) is 22.3 Å². The lowest BCUT2D eigenvalue weighted by molar-refractivity contribution is 0.312. The first-order chi connectivity index (χ1) is 13.7. The molecule has 29 heavy (non-hydrogen) atoms. The number of hydrogen-bond donors (Lipinski definition) is 0. The van der Waals surface area contributed by atoms with Crippen LogP contribution in [0, 0.1) is 13.8 Å². The first-order valence-electron chi connectivity index (χ1n) is 10.3. The number of ether oxygens (including phenoxy) is 2. The molecule has 3 rings (SSSR count). The Morgan fingerprint density at radius 1 is 0.966 bits per heavy atom. The van der Waals surface area contributed by atoms with Gasteiger partial charge in [0, 0.05) is 17.7 Å². The fourth-order valence-corrected chi connectivity index (χ4v) is 3.65. The van der Waals surface area contributed by atoms with Crippen molar-refractivity contribution in [2.45, 2.75) is 59.8 Å². The third-order valence-electron chi connectivity index (χ3n) is 5.21. The Bertz CT molecular complexity index is 1020. The molecule has 4 nitrogen and oxygen atoms in total. The van der Waals surface area contributed by atoms with Crippen LogP contribution in [-0.2, 0) is 5.41 Å². The van der Waals surface area contributed by atoms with E-state index in [1.807, 2.05) is 18.2 Å². The van der Waals surface area contributed by atoms with Crippen LogP contribution < -0.4 is 9.47 Å². The van der Waals surface area contributed by atoms with Crippen molar-refractivity contribution in [3.63, 3.8) is 0 Å². The molecule has 0 amide bonds. The van der Waals surface area contributed by atoms with Crippen molar-refractivity contribution in [1.29, 1.82) is 0 Å². The molecule has 2 heterocycles. The molecule has 0 aliphatic rings. The lowest BCUT2D eigenvalue weighted by Gasteiger charge is -2.23. The molecule has 154 valence electrons. The third-order valence-corrected chi connectivity index (χ3v) is 5.21. The maximum absolute atomic E-state index is 6.11. The summed E-state index contributed by atoms with van der Waals surface area (Å²) in [5.74, 6) is 1.32. The molecule has 2 aromatic heterocycles. The zero-order valence-electron chi connectivity index (χ0n) is 18.7. The second-order valence-electron chi connectivity index (χ2n) is 8.66. The van der Waals surface area contributed by atoms with Crippen molar-refractivity contribution >= 4 is 11.0 Å². The highest BCUT2D eigenvalue weighted by Gasteiger charge is 2.19. The zero-order valence-corrected chi connectivity index (χ0v) is 18.7. The van der Waals surface area contributed by atoms with E-state index in [0.717, 1.165) is 40.9 Å². The number of aryl methyl sites for hydroxylation is 2. The Labute approximate surface area is 174 Å². The SMILES string of the molecule is CCCCOc1cc(-c2cc(C)c(C(C)(C)C)cc2C)nc2ccc(OC)nc12. The number of fused-ring (bicyclic) bond motifs is 1. The highest BCUT2D eigenvalue weighted by Crippen LogP contribution is 2.35. The maximum atomic E-state index is 6.11. The van der Waals surface area contributed by atoms with Gasteiger partial charge in [-0.1, -0.05) is 40.2 Å². The van der Waals surface area contributed by atoms with Crippen molar-refractivity contribution in [1.82, 2.24) is 9.97 Å². The van der Waals surface area contributed by atoms with Gasteiger partial charge in [0.15, 0.2) is 0 Å². The number of methoxy groups -OCH3 is 1. The molecule has 0 unspecified atom stereocenters. The number of benzene rings is 1. The minimum Gasteiger partial charge on any atom is -0.491 e. The van der Waals surface area contributed by atoms with Crippen LogP contribution in [0.4, 0.5) is 0 Å². The molecule has 0 N–H and O–H groups in total. The molecule has 0 saturated heterocycles. The van der Waals surface area contributed by atoms with Crippen LogP contribution in [0.5, 0.6) is 11.6 Å².